The Balaban J connectivity index is 1.48. The molecule has 2 aliphatic rings. The zero-order valence-electron chi connectivity index (χ0n) is 21.6. The van der Waals surface area contributed by atoms with Gasteiger partial charge in [-0.3, -0.25) is 33.7 Å². The van der Waals surface area contributed by atoms with Gasteiger partial charge in [-0.15, -0.1) is 0 Å². The summed E-state index contributed by atoms with van der Waals surface area (Å²) in [5.74, 6) is -7.26. The van der Waals surface area contributed by atoms with Crippen LogP contribution in [0.1, 0.15) is 63.7 Å². The lowest BCUT2D eigenvalue weighted by atomic mass is 9.80. The molecule has 0 bridgehead atoms. The van der Waals surface area contributed by atoms with Gasteiger partial charge in [0.25, 0.3) is 0 Å². The molecule has 0 heterocycles. The molecule has 2 aliphatic carbocycles. The highest BCUT2D eigenvalue weighted by molar-refractivity contribution is 6.30. The molecule has 3 aromatic carbocycles. The van der Waals surface area contributed by atoms with E-state index in [0.29, 0.717) is 5.56 Å². The first-order valence-corrected chi connectivity index (χ1v) is 12.4. The third-order valence-electron chi connectivity index (χ3n) is 7.03. The van der Waals surface area contributed by atoms with Crippen LogP contribution in [0.5, 0.6) is 17.2 Å². The molecule has 12 heteroatoms. The maximum Gasteiger partial charge on any atom is 0.317 e. The van der Waals surface area contributed by atoms with Gasteiger partial charge in [0.2, 0.25) is 0 Å². The topological polar surface area (TPSA) is 207 Å². The number of hydrogen-bond acceptors (Lipinski definition) is 10. The zero-order chi connectivity index (χ0) is 30.5. The average molecular weight is 571 g/mol. The molecule has 0 amide bonds. The van der Waals surface area contributed by atoms with Crippen molar-refractivity contribution >= 4 is 35.1 Å². The lowest BCUT2D eigenvalue weighted by molar-refractivity contribution is -0.142. The molecule has 0 unspecified atom stereocenters. The smallest absolute Gasteiger partial charge is 0.317 e. The lowest BCUT2D eigenvalue weighted by Gasteiger charge is -2.23. The van der Waals surface area contributed by atoms with Crippen LogP contribution in [-0.4, -0.2) is 78.6 Å². The van der Waals surface area contributed by atoms with E-state index in [-0.39, 0.29) is 51.1 Å². The van der Waals surface area contributed by atoms with Gasteiger partial charge in [0, 0.05) is 46.4 Å². The molecule has 42 heavy (non-hydrogen) atoms. The maximum absolute atomic E-state index is 13.5. The van der Waals surface area contributed by atoms with Gasteiger partial charge >= 0.3 is 11.9 Å². The molecule has 0 fully saturated rings. The highest BCUT2D eigenvalue weighted by Gasteiger charge is 2.35. The van der Waals surface area contributed by atoms with Crippen LogP contribution in [0.25, 0.3) is 0 Å². The molecule has 0 aromatic heterocycles. The van der Waals surface area contributed by atoms with Crippen LogP contribution < -0.4 is 0 Å². The Bertz CT molecular complexity index is 1790. The summed E-state index contributed by atoms with van der Waals surface area (Å²) in [7, 11) is 0. The zero-order valence-corrected chi connectivity index (χ0v) is 21.6. The molecule has 0 aliphatic heterocycles. The molecule has 0 saturated carbocycles. The fourth-order valence-electron chi connectivity index (χ4n) is 5.21. The summed E-state index contributed by atoms with van der Waals surface area (Å²) in [6.07, 6.45) is 1.02. The van der Waals surface area contributed by atoms with E-state index in [1.807, 2.05) is 0 Å². The Labute approximate surface area is 236 Å². The second kappa shape index (κ2) is 10.4. The third kappa shape index (κ3) is 4.80. The first kappa shape index (κ1) is 27.9. The number of carboxylic acids is 2. The molecular weight excluding hydrogens is 550 g/mol. The molecule has 212 valence electrons. The van der Waals surface area contributed by atoms with Crippen LogP contribution in [0.3, 0.4) is 0 Å². The van der Waals surface area contributed by atoms with Gasteiger partial charge in [0.15, 0.2) is 34.6 Å². The number of fused-ring (bicyclic) bond motifs is 3. The van der Waals surface area contributed by atoms with Crippen molar-refractivity contribution in [3.05, 3.63) is 98.6 Å². The number of benzene rings is 3. The van der Waals surface area contributed by atoms with Crippen molar-refractivity contribution in [1.82, 2.24) is 4.90 Å². The number of hydrogen-bond donors (Lipinski definition) is 5. The number of Topliss-reactive ketones (excluding diaryl/α,β-unsaturated/α-hetero) is 1. The molecule has 3 aromatic rings. The standard InChI is InChI=1S/C30H21NO11/c32-20-3-1-2-17-24(20)21(33)9-14(26(17)38)6-13-4-5-16-18(7-13)29(41)25-19(28(16)40)8-15(27(39)30(25)42)10-31(11-22(34)35)12-23(36)37/h1-5,7-9,32,39,42H,6,10-12H2,(H,34,35)(H,36,37). The fourth-order valence-corrected chi connectivity index (χ4v) is 5.21. The molecule has 5 rings (SSSR count). The fraction of sp³-hybridized carbons (Fsp3) is 0.133. The van der Waals surface area contributed by atoms with E-state index in [1.165, 1.54) is 36.4 Å². The largest absolute Gasteiger partial charge is 0.507 e. The third-order valence-corrected chi connectivity index (χ3v) is 7.03. The quantitative estimate of drug-likeness (QED) is 0.193. The number of phenolic OH excluding ortho intramolecular Hbond substituents is 3. The van der Waals surface area contributed by atoms with Crippen molar-refractivity contribution in [3.63, 3.8) is 0 Å². The van der Waals surface area contributed by atoms with Crippen LogP contribution in [-0.2, 0) is 22.6 Å². The average Bonchev–Trinajstić information content (AvgIpc) is 2.91. The number of rotatable bonds is 8. The van der Waals surface area contributed by atoms with Crippen molar-refractivity contribution in [2.45, 2.75) is 13.0 Å². The predicted octanol–water partition coefficient (Wildman–Crippen LogP) is 2.10. The summed E-state index contributed by atoms with van der Waals surface area (Å²) < 4.78 is 0. The van der Waals surface area contributed by atoms with Gasteiger partial charge in [-0.25, -0.2) is 0 Å². The van der Waals surface area contributed by atoms with Gasteiger partial charge in [-0.05, 0) is 29.8 Å². The number of nitrogens with zero attached hydrogens (tertiary/aromatic N) is 1. The van der Waals surface area contributed by atoms with Crippen LogP contribution >= 0.6 is 0 Å². The van der Waals surface area contributed by atoms with E-state index >= 15 is 0 Å². The van der Waals surface area contributed by atoms with E-state index in [9.17, 15) is 44.1 Å². The molecule has 0 saturated heterocycles. The van der Waals surface area contributed by atoms with Crippen LogP contribution in [0, 0.1) is 0 Å². The Morgan fingerprint density at radius 2 is 1.38 bits per heavy atom. The minimum absolute atomic E-state index is 0.0319. The van der Waals surface area contributed by atoms with E-state index in [2.05, 4.69) is 0 Å². The molecule has 5 N–H and O–H groups in total. The van der Waals surface area contributed by atoms with Crippen LogP contribution in [0.4, 0.5) is 0 Å². The van der Waals surface area contributed by atoms with Gasteiger partial charge in [0.1, 0.15) is 5.75 Å². The number of carbonyl (C=O) groups excluding carboxylic acids is 4. The number of carboxylic acid groups (broad SMARTS) is 2. The number of allylic oxidation sites excluding steroid dienone is 2. The molecule has 0 atom stereocenters. The minimum Gasteiger partial charge on any atom is -0.507 e. The predicted molar refractivity (Wildman–Crippen MR) is 142 cm³/mol. The van der Waals surface area contributed by atoms with Crippen molar-refractivity contribution in [1.29, 1.82) is 0 Å². The second-order valence-electron chi connectivity index (χ2n) is 9.87. The van der Waals surface area contributed by atoms with E-state index in [4.69, 9.17) is 10.2 Å². The highest BCUT2D eigenvalue weighted by Crippen LogP contribution is 2.41. The number of phenols is 3. The molecule has 12 nitrogen and oxygen atoms in total. The summed E-state index contributed by atoms with van der Waals surface area (Å²) in [4.78, 5) is 75.7. The number of aromatic hydroxyl groups is 3. The SMILES string of the molecule is O=C(O)CN(CC(=O)O)Cc1cc2c(c(O)c1O)C(=O)c1cc(CC3=CC(=O)c4c(O)cccc4C3=O)ccc1C2=O. The van der Waals surface area contributed by atoms with Crippen LogP contribution in [0.2, 0.25) is 0 Å². The van der Waals surface area contributed by atoms with Gasteiger partial charge < -0.3 is 25.5 Å². The number of ketones is 4. The Morgan fingerprint density at radius 3 is 2.05 bits per heavy atom. The molecule has 0 spiro atoms. The van der Waals surface area contributed by atoms with Gasteiger partial charge in [0.05, 0.1) is 24.2 Å². The first-order valence-electron chi connectivity index (χ1n) is 12.4. The van der Waals surface area contributed by atoms with E-state index in [0.717, 1.165) is 17.0 Å². The Kier molecular flexibility index (Phi) is 6.92. The van der Waals surface area contributed by atoms with Crippen molar-refractivity contribution in [2.75, 3.05) is 13.1 Å². The number of carbonyl (C=O) groups is 6. The van der Waals surface area contributed by atoms with Crippen LogP contribution in [0.15, 0.2) is 54.1 Å². The van der Waals surface area contributed by atoms with E-state index < -0.39 is 71.8 Å². The van der Waals surface area contributed by atoms with E-state index in [1.54, 1.807) is 0 Å². The van der Waals surface area contributed by atoms with Gasteiger partial charge in [-0.2, -0.15) is 0 Å². The van der Waals surface area contributed by atoms with Crippen molar-refractivity contribution in [2.24, 2.45) is 0 Å². The summed E-state index contributed by atoms with van der Waals surface area (Å²) >= 11 is 0. The maximum atomic E-state index is 13.5. The molecule has 0 radical (unpaired) electrons. The summed E-state index contributed by atoms with van der Waals surface area (Å²) in [5.41, 5.74) is -0.610. The minimum atomic E-state index is -1.34. The Hall–Kier alpha value is -5.62. The lowest BCUT2D eigenvalue weighted by Crippen LogP contribution is -2.34. The van der Waals surface area contributed by atoms with Gasteiger partial charge in [-0.1, -0.05) is 24.3 Å². The summed E-state index contributed by atoms with van der Waals surface area (Å²) in [5, 5.41) is 49.5. The first-order chi connectivity index (χ1) is 19.9. The summed E-state index contributed by atoms with van der Waals surface area (Å²) in [6.45, 7) is -1.87. The monoisotopic (exact) mass is 571 g/mol. The highest BCUT2D eigenvalue weighted by atomic mass is 16.4. The normalized spacial score (nSPS) is 13.9. The number of aliphatic carboxylic acids is 2. The Morgan fingerprint density at radius 1 is 0.690 bits per heavy atom. The second-order valence-corrected chi connectivity index (χ2v) is 9.87. The van der Waals surface area contributed by atoms with Crippen molar-refractivity contribution in [3.8, 4) is 17.2 Å². The summed E-state index contributed by atoms with van der Waals surface area (Å²) in [6, 6.07) is 9.46. The van der Waals surface area contributed by atoms with Crippen molar-refractivity contribution < 1.29 is 54.3 Å². The molecular formula is C30H21NO11.